The highest BCUT2D eigenvalue weighted by atomic mass is 16.3. The average Bonchev–Trinajstić information content (AvgIpc) is 2.71. The van der Waals surface area contributed by atoms with Gasteiger partial charge in [-0.05, 0) is 31.9 Å². The number of likely N-dealkylation sites (tertiary alicyclic amines) is 1. The van der Waals surface area contributed by atoms with E-state index in [1.54, 1.807) is 6.26 Å². The summed E-state index contributed by atoms with van der Waals surface area (Å²) in [6.07, 6.45) is 3.37. The van der Waals surface area contributed by atoms with Crippen LogP contribution in [0.3, 0.4) is 0 Å². The molecule has 2 rings (SSSR count). The van der Waals surface area contributed by atoms with E-state index in [2.05, 4.69) is 11.8 Å². The fourth-order valence-corrected chi connectivity index (χ4v) is 1.98. The van der Waals surface area contributed by atoms with Gasteiger partial charge in [-0.3, -0.25) is 4.90 Å². The summed E-state index contributed by atoms with van der Waals surface area (Å²) in [4.78, 5) is 2.35. The Morgan fingerprint density at radius 1 is 1.50 bits per heavy atom. The fraction of sp³-hybridized carbons (Fsp3) is 0.636. The van der Waals surface area contributed by atoms with Gasteiger partial charge < -0.3 is 9.52 Å². The minimum Gasteiger partial charge on any atom is -0.468 e. The molecule has 1 N–H and O–H groups in total. The molecule has 0 bridgehead atoms. The highest BCUT2D eigenvalue weighted by Crippen LogP contribution is 2.24. The largest absolute Gasteiger partial charge is 0.468 e. The Bertz CT molecular complexity index is 263. The zero-order valence-corrected chi connectivity index (χ0v) is 8.52. The van der Waals surface area contributed by atoms with E-state index < -0.39 is 0 Å². The van der Waals surface area contributed by atoms with Gasteiger partial charge in [0, 0.05) is 13.1 Å². The van der Waals surface area contributed by atoms with Crippen LogP contribution in [0.5, 0.6) is 0 Å². The Kier molecular flexibility index (Phi) is 2.89. The summed E-state index contributed by atoms with van der Waals surface area (Å²) in [5.74, 6) is 1.02. The average molecular weight is 195 g/mol. The van der Waals surface area contributed by atoms with Crippen LogP contribution in [0.2, 0.25) is 0 Å². The van der Waals surface area contributed by atoms with E-state index in [1.165, 1.54) is 0 Å². The van der Waals surface area contributed by atoms with Gasteiger partial charge in [0.25, 0.3) is 0 Å². The lowest BCUT2D eigenvalue weighted by molar-refractivity contribution is 0.0594. The number of aliphatic hydroxyl groups is 1. The second kappa shape index (κ2) is 4.15. The second-order valence-corrected chi connectivity index (χ2v) is 3.96. The Labute approximate surface area is 84.3 Å². The molecule has 1 saturated heterocycles. The summed E-state index contributed by atoms with van der Waals surface area (Å²) in [7, 11) is 0. The van der Waals surface area contributed by atoms with E-state index in [9.17, 15) is 5.11 Å². The van der Waals surface area contributed by atoms with Crippen LogP contribution in [0, 0.1) is 0 Å². The molecule has 78 valence electrons. The second-order valence-electron chi connectivity index (χ2n) is 3.96. The van der Waals surface area contributed by atoms with Crippen LogP contribution in [0.1, 0.15) is 31.6 Å². The summed E-state index contributed by atoms with van der Waals surface area (Å²) in [5, 5.41) is 9.39. The molecule has 0 aliphatic carbocycles. The van der Waals surface area contributed by atoms with Crippen molar-refractivity contribution in [2.75, 3.05) is 13.1 Å². The molecule has 14 heavy (non-hydrogen) atoms. The van der Waals surface area contributed by atoms with Crippen molar-refractivity contribution in [2.45, 2.75) is 31.9 Å². The number of nitrogens with zero attached hydrogens (tertiary/aromatic N) is 1. The molecule has 1 atom stereocenters. The standard InChI is InChI=1S/C11H17NO2/c1-9(11-3-2-8-14-11)12-6-4-10(13)5-7-12/h2-3,8-10,13H,4-7H2,1H3. The van der Waals surface area contributed by atoms with Gasteiger partial charge in [-0.2, -0.15) is 0 Å². The zero-order chi connectivity index (χ0) is 9.97. The first-order valence-corrected chi connectivity index (χ1v) is 5.23. The van der Waals surface area contributed by atoms with Crippen molar-refractivity contribution >= 4 is 0 Å². The lowest BCUT2D eigenvalue weighted by Gasteiger charge is -2.33. The first-order chi connectivity index (χ1) is 6.77. The van der Waals surface area contributed by atoms with Crippen molar-refractivity contribution in [1.29, 1.82) is 0 Å². The Morgan fingerprint density at radius 3 is 2.79 bits per heavy atom. The lowest BCUT2D eigenvalue weighted by atomic mass is 10.1. The Balaban J connectivity index is 1.95. The van der Waals surface area contributed by atoms with Crippen LogP contribution in [-0.4, -0.2) is 29.2 Å². The normalized spacial score (nSPS) is 22.4. The molecule has 0 spiro atoms. The number of furan rings is 1. The van der Waals surface area contributed by atoms with Crippen molar-refractivity contribution in [1.82, 2.24) is 4.90 Å². The molecule has 0 aromatic carbocycles. The smallest absolute Gasteiger partial charge is 0.120 e. The predicted octanol–water partition coefficient (Wildman–Crippen LogP) is 1.80. The van der Waals surface area contributed by atoms with Gasteiger partial charge >= 0.3 is 0 Å². The number of rotatable bonds is 2. The SMILES string of the molecule is CC(c1ccco1)N1CCC(O)CC1. The third-order valence-corrected chi connectivity index (χ3v) is 3.00. The molecule has 3 nitrogen and oxygen atoms in total. The quantitative estimate of drug-likeness (QED) is 0.781. The molecule has 0 radical (unpaired) electrons. The fourth-order valence-electron chi connectivity index (χ4n) is 1.98. The molecule has 1 aliphatic heterocycles. The van der Waals surface area contributed by atoms with Crippen molar-refractivity contribution in [2.24, 2.45) is 0 Å². The maximum Gasteiger partial charge on any atom is 0.120 e. The van der Waals surface area contributed by atoms with Crippen LogP contribution < -0.4 is 0 Å². The maximum atomic E-state index is 9.39. The monoisotopic (exact) mass is 195 g/mol. The molecule has 2 heterocycles. The maximum absolute atomic E-state index is 9.39. The van der Waals surface area contributed by atoms with E-state index in [0.29, 0.717) is 6.04 Å². The van der Waals surface area contributed by atoms with E-state index in [-0.39, 0.29) is 6.10 Å². The van der Waals surface area contributed by atoms with Gasteiger partial charge in [0.15, 0.2) is 0 Å². The summed E-state index contributed by atoms with van der Waals surface area (Å²) in [6.45, 7) is 4.07. The third-order valence-electron chi connectivity index (χ3n) is 3.00. The van der Waals surface area contributed by atoms with Gasteiger partial charge in [-0.25, -0.2) is 0 Å². The summed E-state index contributed by atoms with van der Waals surface area (Å²) < 4.78 is 5.37. The summed E-state index contributed by atoms with van der Waals surface area (Å²) >= 11 is 0. The molecule has 1 fully saturated rings. The predicted molar refractivity (Wildman–Crippen MR) is 53.9 cm³/mol. The van der Waals surface area contributed by atoms with Crippen molar-refractivity contribution < 1.29 is 9.52 Å². The highest BCUT2D eigenvalue weighted by Gasteiger charge is 2.23. The summed E-state index contributed by atoms with van der Waals surface area (Å²) in [6, 6.07) is 4.26. The van der Waals surface area contributed by atoms with Crippen molar-refractivity contribution in [3.05, 3.63) is 24.2 Å². The Morgan fingerprint density at radius 2 is 2.21 bits per heavy atom. The van der Waals surface area contributed by atoms with E-state index in [0.717, 1.165) is 31.7 Å². The zero-order valence-electron chi connectivity index (χ0n) is 8.52. The van der Waals surface area contributed by atoms with E-state index in [1.807, 2.05) is 12.1 Å². The van der Waals surface area contributed by atoms with Crippen molar-refractivity contribution in [3.63, 3.8) is 0 Å². The number of piperidine rings is 1. The van der Waals surface area contributed by atoms with Crippen LogP contribution in [0.15, 0.2) is 22.8 Å². The van der Waals surface area contributed by atoms with Crippen LogP contribution >= 0.6 is 0 Å². The van der Waals surface area contributed by atoms with E-state index in [4.69, 9.17) is 4.42 Å². The number of hydrogen-bond donors (Lipinski definition) is 1. The molecule has 0 amide bonds. The molecule has 1 aromatic heterocycles. The first kappa shape index (κ1) is 9.74. The molecule has 3 heteroatoms. The topological polar surface area (TPSA) is 36.6 Å². The first-order valence-electron chi connectivity index (χ1n) is 5.23. The molecular weight excluding hydrogens is 178 g/mol. The van der Waals surface area contributed by atoms with Crippen LogP contribution in [0.4, 0.5) is 0 Å². The lowest BCUT2D eigenvalue weighted by Crippen LogP contribution is -2.37. The van der Waals surface area contributed by atoms with Crippen LogP contribution in [0.25, 0.3) is 0 Å². The third kappa shape index (κ3) is 1.99. The molecule has 1 aromatic rings. The van der Waals surface area contributed by atoms with Crippen molar-refractivity contribution in [3.8, 4) is 0 Å². The molecule has 1 aliphatic rings. The minimum atomic E-state index is -0.102. The Hall–Kier alpha value is -0.800. The van der Waals surface area contributed by atoms with Gasteiger partial charge in [0.05, 0.1) is 18.4 Å². The number of aliphatic hydroxyl groups excluding tert-OH is 1. The molecule has 1 unspecified atom stereocenters. The van der Waals surface area contributed by atoms with E-state index >= 15 is 0 Å². The van der Waals surface area contributed by atoms with Gasteiger partial charge in [0.1, 0.15) is 5.76 Å². The van der Waals surface area contributed by atoms with Crippen LogP contribution in [-0.2, 0) is 0 Å². The van der Waals surface area contributed by atoms with Gasteiger partial charge in [-0.15, -0.1) is 0 Å². The highest BCUT2D eigenvalue weighted by molar-refractivity contribution is 5.03. The van der Waals surface area contributed by atoms with Gasteiger partial charge in [-0.1, -0.05) is 0 Å². The molecular formula is C11H17NO2. The van der Waals surface area contributed by atoms with Gasteiger partial charge in [0.2, 0.25) is 0 Å². The summed E-state index contributed by atoms with van der Waals surface area (Å²) in [5.41, 5.74) is 0. The number of hydrogen-bond acceptors (Lipinski definition) is 3. The minimum absolute atomic E-state index is 0.102. The molecule has 0 saturated carbocycles.